The number of hydrogen-bond acceptors (Lipinski definition) is 5. The molecule has 0 bridgehead atoms. The highest BCUT2D eigenvalue weighted by atomic mass is 79.9. The molecule has 2 atom stereocenters. The normalized spacial score (nSPS) is 15.9. The number of amides is 1. The minimum Gasteiger partial charge on any atom is -0.482 e. The van der Waals surface area contributed by atoms with E-state index in [1.165, 1.54) is 37.5 Å². The van der Waals surface area contributed by atoms with Gasteiger partial charge in [-0.05, 0) is 53.9 Å². The average molecular weight is 469 g/mol. The quantitative estimate of drug-likeness (QED) is 0.686. The highest BCUT2D eigenvalue weighted by Crippen LogP contribution is 2.38. The van der Waals surface area contributed by atoms with Gasteiger partial charge in [-0.3, -0.25) is 4.79 Å². The lowest BCUT2D eigenvalue weighted by Crippen LogP contribution is -2.45. The molecule has 0 aliphatic heterocycles. The van der Waals surface area contributed by atoms with Crippen LogP contribution in [0.3, 0.4) is 0 Å². The monoisotopic (exact) mass is 468 g/mol. The van der Waals surface area contributed by atoms with Crippen LogP contribution in [-0.4, -0.2) is 28.1 Å². The van der Waals surface area contributed by atoms with Gasteiger partial charge in [0.1, 0.15) is 17.7 Å². The summed E-state index contributed by atoms with van der Waals surface area (Å²) in [5.41, 5.74) is 0.803. The van der Waals surface area contributed by atoms with Gasteiger partial charge in [0.25, 0.3) is 0 Å². The highest BCUT2D eigenvalue weighted by molar-refractivity contribution is 9.10. The number of benzene rings is 1. The Morgan fingerprint density at radius 3 is 2.52 bits per heavy atom. The van der Waals surface area contributed by atoms with E-state index < -0.39 is 24.2 Å². The highest BCUT2D eigenvalue weighted by Gasteiger charge is 2.40. The van der Waals surface area contributed by atoms with Crippen molar-refractivity contribution in [1.82, 2.24) is 15.3 Å². The van der Waals surface area contributed by atoms with Crippen LogP contribution in [0.1, 0.15) is 48.7 Å². The number of halogens is 4. The maximum Gasteiger partial charge on any atom is 0.471 e. The summed E-state index contributed by atoms with van der Waals surface area (Å²) in [4.78, 5) is 20.0. The number of hydrogen-bond donors (Lipinski definition) is 1. The van der Waals surface area contributed by atoms with E-state index in [4.69, 9.17) is 10.00 Å². The van der Waals surface area contributed by atoms with Gasteiger partial charge < -0.3 is 10.1 Å². The van der Waals surface area contributed by atoms with Gasteiger partial charge in [0, 0.05) is 23.9 Å². The molecule has 1 fully saturated rings. The summed E-state index contributed by atoms with van der Waals surface area (Å²) in [6.07, 6.45) is -0.984. The van der Waals surface area contributed by atoms with Crippen LogP contribution in [0.25, 0.3) is 0 Å². The summed E-state index contributed by atoms with van der Waals surface area (Å²) >= 11 is 3.28. The van der Waals surface area contributed by atoms with E-state index >= 15 is 0 Å². The van der Waals surface area contributed by atoms with Crippen molar-refractivity contribution in [1.29, 1.82) is 5.26 Å². The first kappa shape index (κ1) is 21.0. The summed E-state index contributed by atoms with van der Waals surface area (Å²) in [6, 6.07) is 5.50. The van der Waals surface area contributed by atoms with Gasteiger partial charge in [-0.15, -0.1) is 0 Å². The third-order valence-electron chi connectivity index (χ3n) is 4.35. The van der Waals surface area contributed by atoms with Crippen LogP contribution in [0.5, 0.6) is 5.75 Å². The number of nitrogens with one attached hydrogen (secondary N) is 1. The number of aromatic nitrogens is 2. The van der Waals surface area contributed by atoms with Gasteiger partial charge in [0.2, 0.25) is 0 Å². The fourth-order valence-corrected chi connectivity index (χ4v) is 3.15. The van der Waals surface area contributed by atoms with Crippen molar-refractivity contribution in [2.45, 2.75) is 44.0 Å². The lowest BCUT2D eigenvalue weighted by atomic mass is 10.1. The van der Waals surface area contributed by atoms with Crippen molar-refractivity contribution in [3.05, 3.63) is 52.0 Å². The second kappa shape index (κ2) is 8.37. The fourth-order valence-electron chi connectivity index (χ4n) is 2.67. The smallest absolute Gasteiger partial charge is 0.471 e. The number of nitrogens with zero attached hydrogens (tertiary/aromatic N) is 3. The number of carbonyl (C=O) groups is 1. The third kappa shape index (κ3) is 5.23. The molecule has 10 heteroatoms. The van der Waals surface area contributed by atoms with Crippen LogP contribution in [0.15, 0.2) is 35.1 Å². The zero-order valence-electron chi connectivity index (χ0n) is 15.2. The number of rotatable bonds is 6. The number of carbonyl (C=O) groups excluding carboxylic acids is 1. The molecular formula is C19H16BrF3N4O2. The van der Waals surface area contributed by atoms with Crippen molar-refractivity contribution < 1.29 is 22.7 Å². The van der Waals surface area contributed by atoms with E-state index in [9.17, 15) is 18.0 Å². The minimum absolute atomic E-state index is 0.299. The molecule has 29 heavy (non-hydrogen) atoms. The molecule has 152 valence electrons. The third-order valence-corrected chi connectivity index (χ3v) is 4.97. The Morgan fingerprint density at radius 2 is 2.00 bits per heavy atom. The van der Waals surface area contributed by atoms with E-state index in [0.29, 0.717) is 33.1 Å². The topological polar surface area (TPSA) is 87.9 Å². The minimum atomic E-state index is -5.01. The van der Waals surface area contributed by atoms with Crippen molar-refractivity contribution in [2.75, 3.05) is 0 Å². The first-order chi connectivity index (χ1) is 13.7. The van der Waals surface area contributed by atoms with Crippen molar-refractivity contribution in [2.24, 2.45) is 0 Å². The Hall–Kier alpha value is -2.67. The predicted octanol–water partition coefficient (Wildman–Crippen LogP) is 4.18. The largest absolute Gasteiger partial charge is 0.482 e. The van der Waals surface area contributed by atoms with Gasteiger partial charge in [0.15, 0.2) is 0 Å². The molecular weight excluding hydrogens is 453 g/mol. The molecule has 1 amide bonds. The molecule has 1 aliphatic carbocycles. The average Bonchev–Trinajstić information content (AvgIpc) is 3.51. The molecule has 2 aromatic rings. The summed E-state index contributed by atoms with van der Waals surface area (Å²) < 4.78 is 44.4. The molecule has 1 aliphatic rings. The Kier molecular flexibility index (Phi) is 6.07. The zero-order chi connectivity index (χ0) is 21.2. The van der Waals surface area contributed by atoms with Crippen LogP contribution in [0, 0.1) is 11.3 Å². The number of nitriles is 1. The van der Waals surface area contributed by atoms with E-state index in [1.54, 1.807) is 0 Å². The summed E-state index contributed by atoms with van der Waals surface area (Å²) in [5.74, 6) is -0.765. The van der Waals surface area contributed by atoms with Crippen LogP contribution in [-0.2, 0) is 4.79 Å². The molecule has 1 aromatic heterocycles. The van der Waals surface area contributed by atoms with E-state index in [2.05, 4.69) is 25.9 Å². The molecule has 0 unspecified atom stereocenters. The molecule has 1 heterocycles. The van der Waals surface area contributed by atoms with Gasteiger partial charge >= 0.3 is 12.1 Å². The van der Waals surface area contributed by atoms with E-state index in [-0.39, 0.29) is 0 Å². The first-order valence-electron chi connectivity index (χ1n) is 8.75. The molecule has 1 N–H and O–H groups in total. The summed E-state index contributed by atoms with van der Waals surface area (Å²) in [6.45, 7) is 1.40. The molecule has 1 aromatic carbocycles. The molecule has 0 spiro atoms. The molecule has 1 saturated carbocycles. The Balaban J connectivity index is 1.88. The molecule has 3 rings (SSSR count). The molecule has 6 nitrogen and oxygen atoms in total. The number of alkyl halides is 3. The second-order valence-corrected chi connectivity index (χ2v) is 7.56. The van der Waals surface area contributed by atoms with Crippen molar-refractivity contribution in [3.63, 3.8) is 0 Å². The molecule has 0 radical (unpaired) electrons. The Bertz CT molecular complexity index is 940. The number of ether oxygens (including phenoxy) is 1. The van der Waals surface area contributed by atoms with Crippen LogP contribution < -0.4 is 10.1 Å². The van der Waals surface area contributed by atoms with Crippen molar-refractivity contribution >= 4 is 21.8 Å². The van der Waals surface area contributed by atoms with E-state index in [0.717, 1.165) is 12.8 Å². The second-order valence-electron chi connectivity index (χ2n) is 6.70. The fraction of sp³-hybridized carbons (Fsp3) is 0.368. The Morgan fingerprint density at radius 1 is 1.34 bits per heavy atom. The standard InChI is InChI=1S/C19H16BrF3N4O2/c1-10(27-18(28)19(21,22)23)16(13-8-25-17(26-9-13)12-3-4-12)29-15-5-2-11(7-24)6-14(15)20/h2,5-6,8-10,12,16H,3-4H2,1H3,(H,27,28)/t10-,16-/m0/s1. The van der Waals surface area contributed by atoms with Crippen LogP contribution in [0.2, 0.25) is 0 Å². The maximum absolute atomic E-state index is 12.7. The SMILES string of the molecule is C[C@H](NC(=O)C(F)(F)F)[C@H](Oc1ccc(C#N)cc1Br)c1cnc(C2CC2)nc1. The maximum atomic E-state index is 12.7. The van der Waals surface area contributed by atoms with Crippen LogP contribution in [0.4, 0.5) is 13.2 Å². The van der Waals surface area contributed by atoms with E-state index in [1.807, 2.05) is 11.4 Å². The van der Waals surface area contributed by atoms with Gasteiger partial charge in [-0.25, -0.2) is 9.97 Å². The summed E-state index contributed by atoms with van der Waals surface area (Å²) in [5, 5.41) is 10.9. The zero-order valence-corrected chi connectivity index (χ0v) is 16.8. The predicted molar refractivity (Wildman–Crippen MR) is 99.9 cm³/mol. The first-order valence-corrected chi connectivity index (χ1v) is 9.54. The van der Waals surface area contributed by atoms with Gasteiger partial charge in [-0.2, -0.15) is 18.4 Å². The van der Waals surface area contributed by atoms with Gasteiger partial charge in [0.05, 0.1) is 22.1 Å². The Labute approximate surface area is 173 Å². The lowest BCUT2D eigenvalue weighted by molar-refractivity contribution is -0.174. The van der Waals surface area contributed by atoms with Gasteiger partial charge in [-0.1, -0.05) is 0 Å². The lowest BCUT2D eigenvalue weighted by Gasteiger charge is -2.27. The van der Waals surface area contributed by atoms with Crippen LogP contribution >= 0.6 is 15.9 Å². The van der Waals surface area contributed by atoms with Crippen molar-refractivity contribution in [3.8, 4) is 11.8 Å². The summed E-state index contributed by atoms with van der Waals surface area (Å²) in [7, 11) is 0. The molecule has 0 saturated heterocycles.